The van der Waals surface area contributed by atoms with Gasteiger partial charge in [-0.25, -0.2) is 9.55 Å². The van der Waals surface area contributed by atoms with Crippen molar-refractivity contribution in [2.75, 3.05) is 0 Å². The standard InChI is InChI=1S/C8H10N3O2S2/c1-7-5-14-8(9-7)15(12,13)11-4-3-10(2)6-11/h3-6H,1-2H3/q+1. The summed E-state index contributed by atoms with van der Waals surface area (Å²) in [6, 6.07) is 0. The second-order valence-corrected chi connectivity index (χ2v) is 6.04. The third kappa shape index (κ3) is 1.80. The minimum absolute atomic E-state index is 0.121. The molecule has 0 spiro atoms. The van der Waals surface area contributed by atoms with Crippen molar-refractivity contribution < 1.29 is 13.0 Å². The molecule has 2 aromatic rings. The highest BCUT2D eigenvalue weighted by atomic mass is 32.2. The van der Waals surface area contributed by atoms with Crippen LogP contribution in [-0.4, -0.2) is 17.4 Å². The monoisotopic (exact) mass is 244 g/mol. The summed E-state index contributed by atoms with van der Waals surface area (Å²) >= 11 is 1.13. The molecular formula is C8H10N3O2S2+. The molecule has 0 aromatic carbocycles. The topological polar surface area (TPSA) is 55.8 Å². The fraction of sp³-hybridized carbons (Fsp3) is 0.250. The lowest BCUT2D eigenvalue weighted by Gasteiger charge is -1.93. The summed E-state index contributed by atoms with van der Waals surface area (Å²) in [5.74, 6) is 0. The molecule has 0 atom stereocenters. The maximum atomic E-state index is 12.0. The van der Waals surface area contributed by atoms with E-state index in [0.29, 0.717) is 0 Å². The Balaban J connectivity index is 2.53. The molecule has 7 heteroatoms. The molecule has 0 saturated heterocycles. The summed E-state index contributed by atoms with van der Waals surface area (Å²) in [5, 5.41) is 1.72. The minimum Gasteiger partial charge on any atom is -0.239 e. The Labute approximate surface area is 91.7 Å². The fourth-order valence-electron chi connectivity index (χ4n) is 1.11. The van der Waals surface area contributed by atoms with Crippen LogP contribution in [0.4, 0.5) is 0 Å². The first-order chi connectivity index (χ1) is 7.00. The van der Waals surface area contributed by atoms with Crippen LogP contribution in [0.1, 0.15) is 5.69 Å². The highest BCUT2D eigenvalue weighted by Gasteiger charge is 2.25. The predicted molar refractivity (Wildman–Crippen MR) is 55.0 cm³/mol. The van der Waals surface area contributed by atoms with Crippen molar-refractivity contribution in [2.24, 2.45) is 7.05 Å². The number of hydrogen-bond donors (Lipinski definition) is 0. The first kappa shape index (κ1) is 10.3. The van der Waals surface area contributed by atoms with Crippen molar-refractivity contribution in [3.05, 3.63) is 29.8 Å². The number of nitrogens with zero attached hydrogens (tertiary/aromatic N) is 3. The van der Waals surface area contributed by atoms with E-state index in [4.69, 9.17) is 0 Å². The van der Waals surface area contributed by atoms with Gasteiger partial charge in [0.1, 0.15) is 12.4 Å². The van der Waals surface area contributed by atoms with Gasteiger partial charge in [0.2, 0.25) is 0 Å². The molecule has 0 saturated carbocycles. The second kappa shape index (κ2) is 3.42. The van der Waals surface area contributed by atoms with E-state index in [2.05, 4.69) is 4.98 Å². The molecule has 0 aliphatic carbocycles. The molecule has 0 unspecified atom stereocenters. The molecule has 2 rings (SSSR count). The van der Waals surface area contributed by atoms with E-state index in [1.807, 2.05) is 0 Å². The second-order valence-electron chi connectivity index (χ2n) is 3.17. The molecule has 0 aliphatic rings. The first-order valence-corrected chi connectivity index (χ1v) is 6.53. The Morgan fingerprint density at radius 1 is 1.53 bits per heavy atom. The van der Waals surface area contributed by atoms with Crippen LogP contribution in [0.2, 0.25) is 0 Å². The Morgan fingerprint density at radius 2 is 2.27 bits per heavy atom. The van der Waals surface area contributed by atoms with Gasteiger partial charge < -0.3 is 0 Å². The average molecular weight is 244 g/mol. The zero-order chi connectivity index (χ0) is 11.1. The number of rotatable bonds is 2. The molecule has 0 N–H and O–H groups in total. The van der Waals surface area contributed by atoms with Gasteiger partial charge in [-0.05, 0) is 6.92 Å². The van der Waals surface area contributed by atoms with Crippen molar-refractivity contribution in [1.29, 1.82) is 0 Å². The van der Waals surface area contributed by atoms with Crippen LogP contribution in [0.3, 0.4) is 0 Å². The maximum absolute atomic E-state index is 12.0. The van der Waals surface area contributed by atoms with Gasteiger partial charge in [-0.3, -0.25) is 0 Å². The van der Waals surface area contributed by atoms with Gasteiger partial charge >= 0.3 is 10.0 Å². The van der Waals surface area contributed by atoms with Crippen LogP contribution in [0.5, 0.6) is 0 Å². The molecule has 0 bridgehead atoms. The molecule has 2 aromatic heterocycles. The lowest BCUT2D eigenvalue weighted by atomic mass is 10.6. The van der Waals surface area contributed by atoms with Gasteiger partial charge in [0, 0.05) is 11.1 Å². The summed E-state index contributed by atoms with van der Waals surface area (Å²) in [4.78, 5) is 3.97. The first-order valence-electron chi connectivity index (χ1n) is 4.21. The van der Waals surface area contributed by atoms with Gasteiger partial charge in [-0.2, -0.15) is 8.42 Å². The molecular weight excluding hydrogens is 234 g/mol. The number of thiazole rings is 1. The smallest absolute Gasteiger partial charge is 0.239 e. The van der Waals surface area contributed by atoms with Gasteiger partial charge in [0.05, 0.1) is 7.05 Å². The van der Waals surface area contributed by atoms with Crippen molar-refractivity contribution >= 4 is 21.4 Å². The van der Waals surface area contributed by atoms with Gasteiger partial charge in [0.25, 0.3) is 10.7 Å². The normalized spacial score (nSPS) is 11.9. The van der Waals surface area contributed by atoms with Crippen LogP contribution >= 0.6 is 11.3 Å². The van der Waals surface area contributed by atoms with Crippen molar-refractivity contribution in [3.63, 3.8) is 0 Å². The number of aromatic nitrogens is 3. The van der Waals surface area contributed by atoms with E-state index in [0.717, 1.165) is 21.0 Å². The zero-order valence-electron chi connectivity index (χ0n) is 8.28. The molecule has 0 aliphatic heterocycles. The van der Waals surface area contributed by atoms with Crippen molar-refractivity contribution in [1.82, 2.24) is 8.96 Å². The number of aryl methyl sites for hydroxylation is 2. The predicted octanol–water partition coefficient (Wildman–Crippen LogP) is 0.315. The highest BCUT2D eigenvalue weighted by Crippen LogP contribution is 2.17. The molecule has 2 heterocycles. The third-order valence-corrected chi connectivity index (χ3v) is 4.82. The van der Waals surface area contributed by atoms with E-state index in [1.165, 1.54) is 12.5 Å². The average Bonchev–Trinajstić information content (AvgIpc) is 2.74. The number of hydrogen-bond acceptors (Lipinski definition) is 4. The third-order valence-electron chi connectivity index (χ3n) is 1.84. The van der Waals surface area contributed by atoms with E-state index in [9.17, 15) is 8.42 Å². The Morgan fingerprint density at radius 3 is 2.73 bits per heavy atom. The zero-order valence-corrected chi connectivity index (χ0v) is 9.92. The van der Waals surface area contributed by atoms with Crippen LogP contribution in [0.25, 0.3) is 0 Å². The summed E-state index contributed by atoms with van der Waals surface area (Å²) in [6.45, 7) is 1.77. The van der Waals surface area contributed by atoms with E-state index in [-0.39, 0.29) is 4.34 Å². The Bertz CT molecular complexity index is 536. The lowest BCUT2D eigenvalue weighted by molar-refractivity contribution is -0.670. The summed E-state index contributed by atoms with van der Waals surface area (Å²) in [5.41, 5.74) is 0.718. The van der Waals surface area contributed by atoms with Gasteiger partial charge in [0.15, 0.2) is 0 Å². The van der Waals surface area contributed by atoms with Crippen LogP contribution < -0.4 is 4.57 Å². The van der Waals surface area contributed by atoms with Crippen LogP contribution in [0.15, 0.2) is 28.4 Å². The maximum Gasteiger partial charge on any atom is 0.362 e. The molecule has 5 nitrogen and oxygen atoms in total. The van der Waals surface area contributed by atoms with Crippen molar-refractivity contribution in [2.45, 2.75) is 11.3 Å². The molecule has 0 amide bonds. The Kier molecular flexibility index (Phi) is 2.35. The van der Waals surface area contributed by atoms with Gasteiger partial charge in [-0.1, -0.05) is 0 Å². The largest absolute Gasteiger partial charge is 0.362 e. The number of imidazole rings is 1. The minimum atomic E-state index is -3.49. The molecule has 80 valence electrons. The SMILES string of the molecule is Cc1csc(S(=O)(=O)n2cc[n+](C)c2)n1. The van der Waals surface area contributed by atoms with Crippen LogP contribution in [-0.2, 0) is 17.1 Å². The molecule has 0 fully saturated rings. The van der Waals surface area contributed by atoms with E-state index >= 15 is 0 Å². The fourth-order valence-corrected chi connectivity index (χ4v) is 3.45. The quantitative estimate of drug-likeness (QED) is 0.715. The molecule has 15 heavy (non-hydrogen) atoms. The highest BCUT2D eigenvalue weighted by molar-refractivity contribution is 7.91. The van der Waals surface area contributed by atoms with Crippen molar-refractivity contribution in [3.8, 4) is 0 Å². The summed E-state index contributed by atoms with van der Waals surface area (Å²) < 4.78 is 26.9. The summed E-state index contributed by atoms with van der Waals surface area (Å²) in [7, 11) is -1.73. The van der Waals surface area contributed by atoms with Gasteiger partial charge in [-0.15, -0.1) is 15.3 Å². The summed E-state index contributed by atoms with van der Waals surface area (Å²) in [6.07, 6.45) is 4.65. The molecule has 0 radical (unpaired) electrons. The van der Waals surface area contributed by atoms with E-state index in [1.54, 1.807) is 30.1 Å². The lowest BCUT2D eigenvalue weighted by Crippen LogP contribution is -2.25. The Hall–Kier alpha value is -1.21. The van der Waals surface area contributed by atoms with Crippen LogP contribution in [0, 0.1) is 6.92 Å². The van der Waals surface area contributed by atoms with E-state index < -0.39 is 10.0 Å².